The lowest BCUT2D eigenvalue weighted by Crippen LogP contribution is -2.35. The average Bonchev–Trinajstić information content (AvgIpc) is 2.89. The third kappa shape index (κ3) is 1.48. The molecule has 2 saturated carbocycles. The van der Waals surface area contributed by atoms with Crippen molar-refractivity contribution in [3.63, 3.8) is 0 Å². The fraction of sp³-hybridized carbons (Fsp3) is 0.846. The van der Waals surface area contributed by atoms with Crippen LogP contribution in [-0.4, -0.2) is 17.8 Å². The molecule has 16 heavy (non-hydrogen) atoms. The monoisotopic (exact) mass is 220 g/mol. The number of rotatable bonds is 2. The van der Waals surface area contributed by atoms with Crippen LogP contribution >= 0.6 is 0 Å². The molecule has 0 spiro atoms. The van der Waals surface area contributed by atoms with Crippen molar-refractivity contribution >= 4 is 11.7 Å². The summed E-state index contributed by atoms with van der Waals surface area (Å²) in [5.41, 5.74) is 0. The van der Waals surface area contributed by atoms with E-state index in [4.69, 9.17) is 0 Å². The topological polar surface area (TPSA) is 41.5 Å². The van der Waals surface area contributed by atoms with Gasteiger partial charge in [0.15, 0.2) is 0 Å². The van der Waals surface area contributed by atoms with Gasteiger partial charge in [0.1, 0.15) is 11.9 Å². The van der Waals surface area contributed by atoms with Gasteiger partial charge in [-0.2, -0.15) is 0 Å². The van der Waals surface area contributed by atoms with E-state index in [1.165, 1.54) is 25.7 Å². The molecule has 4 atom stereocenters. The number of hydrogen-bond donors (Lipinski definition) is 1. The van der Waals surface area contributed by atoms with Crippen molar-refractivity contribution in [2.24, 2.45) is 28.7 Å². The van der Waals surface area contributed by atoms with E-state index in [1.54, 1.807) is 0 Å². The molecular weight excluding hydrogens is 200 g/mol. The van der Waals surface area contributed by atoms with Crippen LogP contribution in [0.2, 0.25) is 0 Å². The van der Waals surface area contributed by atoms with Gasteiger partial charge >= 0.3 is 0 Å². The number of nitrogens with zero attached hydrogens (tertiary/aromatic N) is 1. The van der Waals surface area contributed by atoms with Crippen molar-refractivity contribution in [1.29, 1.82) is 0 Å². The molecule has 4 unspecified atom stereocenters. The second-order valence-corrected chi connectivity index (χ2v) is 5.97. The Kier molecular flexibility index (Phi) is 2.30. The minimum absolute atomic E-state index is 0.118. The van der Waals surface area contributed by atoms with Crippen LogP contribution in [0.3, 0.4) is 0 Å². The van der Waals surface area contributed by atoms with Gasteiger partial charge in [0.25, 0.3) is 0 Å². The standard InChI is InChI=1S/C13H20N2O/c1-7(2)11-13(16)15-12(14-11)10-6-8-3-4-9(10)5-8/h7-11H,3-6H2,1-2H3,(H,14,15,16). The number of carbonyl (C=O) groups is 1. The van der Waals surface area contributed by atoms with Crippen LogP contribution in [0, 0.1) is 23.7 Å². The fourth-order valence-electron chi connectivity index (χ4n) is 3.66. The summed E-state index contributed by atoms with van der Waals surface area (Å²) < 4.78 is 0. The van der Waals surface area contributed by atoms with Crippen molar-refractivity contribution in [3.8, 4) is 0 Å². The zero-order valence-electron chi connectivity index (χ0n) is 10.1. The summed E-state index contributed by atoms with van der Waals surface area (Å²) in [6.45, 7) is 4.13. The normalized spacial score (nSPS) is 41.7. The summed E-state index contributed by atoms with van der Waals surface area (Å²) in [6, 6.07) is -0.130. The van der Waals surface area contributed by atoms with Crippen LogP contribution in [0.25, 0.3) is 0 Å². The molecular formula is C13H20N2O. The molecule has 0 radical (unpaired) electrons. The predicted octanol–water partition coefficient (Wildman–Crippen LogP) is 1.98. The van der Waals surface area contributed by atoms with Gasteiger partial charge < -0.3 is 5.32 Å². The zero-order chi connectivity index (χ0) is 11.3. The van der Waals surface area contributed by atoms with Gasteiger partial charge in [0.2, 0.25) is 5.91 Å². The van der Waals surface area contributed by atoms with E-state index in [9.17, 15) is 4.79 Å². The summed E-state index contributed by atoms with van der Waals surface area (Å²) in [4.78, 5) is 16.4. The lowest BCUT2D eigenvalue weighted by Gasteiger charge is -2.21. The van der Waals surface area contributed by atoms with Crippen LogP contribution in [0.1, 0.15) is 39.5 Å². The van der Waals surface area contributed by atoms with E-state index < -0.39 is 0 Å². The fourth-order valence-corrected chi connectivity index (χ4v) is 3.66. The Labute approximate surface area is 96.7 Å². The molecule has 3 rings (SSSR count). The molecule has 0 aromatic rings. The molecule has 3 nitrogen and oxygen atoms in total. The minimum Gasteiger partial charge on any atom is -0.312 e. The van der Waals surface area contributed by atoms with Gasteiger partial charge in [-0.3, -0.25) is 9.79 Å². The highest BCUT2D eigenvalue weighted by molar-refractivity contribution is 6.07. The van der Waals surface area contributed by atoms with Gasteiger partial charge in [-0.05, 0) is 37.0 Å². The van der Waals surface area contributed by atoms with Crippen LogP contribution < -0.4 is 5.32 Å². The Hall–Kier alpha value is -0.860. The van der Waals surface area contributed by atoms with E-state index >= 15 is 0 Å². The zero-order valence-corrected chi connectivity index (χ0v) is 10.1. The third-order valence-electron chi connectivity index (χ3n) is 4.52. The molecule has 0 aromatic heterocycles. The third-order valence-corrected chi connectivity index (χ3v) is 4.52. The average molecular weight is 220 g/mol. The second-order valence-electron chi connectivity index (χ2n) is 5.97. The van der Waals surface area contributed by atoms with Crippen molar-refractivity contribution in [2.45, 2.75) is 45.6 Å². The summed E-state index contributed by atoms with van der Waals surface area (Å²) >= 11 is 0. The molecule has 1 aliphatic heterocycles. The summed E-state index contributed by atoms with van der Waals surface area (Å²) in [5, 5.41) is 3.02. The highest BCUT2D eigenvalue weighted by Crippen LogP contribution is 2.48. The maximum atomic E-state index is 11.8. The lowest BCUT2D eigenvalue weighted by molar-refractivity contribution is -0.120. The van der Waals surface area contributed by atoms with Gasteiger partial charge in [-0.15, -0.1) is 0 Å². The van der Waals surface area contributed by atoms with Crippen molar-refractivity contribution in [2.75, 3.05) is 0 Å². The quantitative estimate of drug-likeness (QED) is 0.759. The highest BCUT2D eigenvalue weighted by atomic mass is 16.2. The van der Waals surface area contributed by atoms with Gasteiger partial charge in [0, 0.05) is 5.92 Å². The number of amidine groups is 1. The Morgan fingerprint density at radius 3 is 2.62 bits per heavy atom. The predicted molar refractivity (Wildman–Crippen MR) is 63.1 cm³/mol. The van der Waals surface area contributed by atoms with E-state index in [0.29, 0.717) is 11.8 Å². The van der Waals surface area contributed by atoms with Crippen LogP contribution in [0.15, 0.2) is 4.99 Å². The summed E-state index contributed by atoms with van der Waals surface area (Å²) in [6.07, 6.45) is 5.37. The number of hydrogen-bond acceptors (Lipinski definition) is 2. The van der Waals surface area contributed by atoms with Crippen LogP contribution in [-0.2, 0) is 4.79 Å². The SMILES string of the molecule is CC(C)C1N=C(C2CC3CCC2C3)NC1=O. The largest absolute Gasteiger partial charge is 0.312 e. The smallest absolute Gasteiger partial charge is 0.250 e. The van der Waals surface area contributed by atoms with Crippen molar-refractivity contribution in [3.05, 3.63) is 0 Å². The molecule has 3 aliphatic rings. The minimum atomic E-state index is -0.130. The number of nitrogens with one attached hydrogen (secondary N) is 1. The Morgan fingerprint density at radius 2 is 2.12 bits per heavy atom. The first-order chi connectivity index (χ1) is 7.65. The first-order valence-electron chi connectivity index (χ1n) is 6.53. The number of carbonyl (C=O) groups excluding carboxylic acids is 1. The Bertz CT molecular complexity index is 348. The second kappa shape index (κ2) is 3.57. The lowest BCUT2D eigenvalue weighted by atomic mass is 9.88. The van der Waals surface area contributed by atoms with E-state index in [2.05, 4.69) is 24.2 Å². The first kappa shape index (κ1) is 10.3. The van der Waals surface area contributed by atoms with Crippen LogP contribution in [0.4, 0.5) is 0 Å². The highest BCUT2D eigenvalue weighted by Gasteiger charge is 2.44. The molecule has 1 amide bonds. The molecule has 0 saturated heterocycles. The number of aliphatic imine (C=N–C) groups is 1. The van der Waals surface area contributed by atoms with Gasteiger partial charge in [-0.25, -0.2) is 0 Å². The molecule has 2 bridgehead atoms. The maximum Gasteiger partial charge on any atom is 0.250 e. The molecule has 88 valence electrons. The molecule has 0 aromatic carbocycles. The first-order valence-corrected chi connectivity index (χ1v) is 6.53. The molecule has 1 N–H and O–H groups in total. The van der Waals surface area contributed by atoms with Gasteiger partial charge in [0.05, 0.1) is 0 Å². The van der Waals surface area contributed by atoms with Crippen molar-refractivity contribution in [1.82, 2.24) is 5.32 Å². The van der Waals surface area contributed by atoms with Crippen molar-refractivity contribution < 1.29 is 4.79 Å². The molecule has 3 heteroatoms. The maximum absolute atomic E-state index is 11.8. The summed E-state index contributed by atoms with van der Waals surface area (Å²) in [5.74, 6) is 3.72. The van der Waals surface area contributed by atoms with E-state index in [0.717, 1.165) is 17.7 Å². The Morgan fingerprint density at radius 1 is 1.31 bits per heavy atom. The van der Waals surface area contributed by atoms with E-state index in [-0.39, 0.29) is 11.9 Å². The Balaban J connectivity index is 1.77. The van der Waals surface area contributed by atoms with Gasteiger partial charge in [-0.1, -0.05) is 20.3 Å². The van der Waals surface area contributed by atoms with E-state index in [1.807, 2.05) is 0 Å². The molecule has 2 aliphatic carbocycles. The number of fused-ring (bicyclic) bond motifs is 2. The molecule has 2 fully saturated rings. The summed E-state index contributed by atoms with van der Waals surface area (Å²) in [7, 11) is 0. The molecule has 1 heterocycles. The number of amides is 1. The van der Waals surface area contributed by atoms with Crippen LogP contribution in [0.5, 0.6) is 0 Å².